The van der Waals surface area contributed by atoms with Gasteiger partial charge in [-0.25, -0.2) is 0 Å². The lowest BCUT2D eigenvalue weighted by Gasteiger charge is -2.08. The summed E-state index contributed by atoms with van der Waals surface area (Å²) in [4.78, 5) is 23.3. The van der Waals surface area contributed by atoms with E-state index in [0.717, 1.165) is 12.0 Å². The highest BCUT2D eigenvalue weighted by atomic mass is 16.5. The summed E-state index contributed by atoms with van der Waals surface area (Å²) in [6.45, 7) is 0.470. The Labute approximate surface area is 158 Å². The minimum absolute atomic E-state index is 0.0176. The third-order valence-electron chi connectivity index (χ3n) is 3.73. The maximum absolute atomic E-state index is 11.8. The zero-order valence-corrected chi connectivity index (χ0v) is 15.1. The van der Waals surface area contributed by atoms with E-state index in [2.05, 4.69) is 10.6 Å². The molecule has 2 rings (SSSR count). The number of amides is 2. The Morgan fingerprint density at radius 2 is 1.81 bits per heavy atom. The number of nitriles is 1. The molecule has 2 aromatic carbocycles. The van der Waals surface area contributed by atoms with E-state index in [1.54, 1.807) is 24.3 Å². The van der Waals surface area contributed by atoms with E-state index in [1.165, 1.54) is 13.1 Å². The van der Waals surface area contributed by atoms with Gasteiger partial charge in [-0.15, -0.1) is 0 Å². The summed E-state index contributed by atoms with van der Waals surface area (Å²) in [5.74, 6) is -0.102. The van der Waals surface area contributed by atoms with Crippen LogP contribution < -0.4 is 15.4 Å². The van der Waals surface area contributed by atoms with E-state index in [4.69, 9.17) is 10.00 Å². The predicted molar refractivity (Wildman–Crippen MR) is 103 cm³/mol. The first-order valence-corrected chi connectivity index (χ1v) is 8.49. The third-order valence-corrected chi connectivity index (χ3v) is 3.73. The standard InChI is InChI=1S/C21H21N3O3/c1-23-21(26)18(14-22)13-17-7-9-19(10-8-17)27-15-20(25)24-12-11-16-5-3-2-4-6-16/h2-10,13H,11-12,15H2,1H3,(H,23,26)(H,24,25)/b18-13+. The van der Waals surface area contributed by atoms with E-state index < -0.39 is 5.91 Å². The smallest absolute Gasteiger partial charge is 0.261 e. The number of hydrogen-bond donors (Lipinski definition) is 2. The van der Waals surface area contributed by atoms with Crippen LogP contribution in [0.15, 0.2) is 60.2 Å². The van der Waals surface area contributed by atoms with Gasteiger partial charge in [0.1, 0.15) is 17.4 Å². The zero-order chi connectivity index (χ0) is 19.5. The largest absolute Gasteiger partial charge is 0.484 e. The van der Waals surface area contributed by atoms with Gasteiger partial charge >= 0.3 is 0 Å². The van der Waals surface area contributed by atoms with Crippen LogP contribution in [-0.4, -0.2) is 32.0 Å². The molecule has 0 saturated heterocycles. The van der Waals surface area contributed by atoms with Crippen molar-refractivity contribution in [2.75, 3.05) is 20.2 Å². The second kappa shape index (κ2) is 10.4. The number of nitrogens with zero attached hydrogens (tertiary/aromatic N) is 1. The van der Waals surface area contributed by atoms with Crippen LogP contribution in [0.4, 0.5) is 0 Å². The molecule has 6 heteroatoms. The molecule has 0 radical (unpaired) electrons. The van der Waals surface area contributed by atoms with Gasteiger partial charge in [0.25, 0.3) is 11.8 Å². The van der Waals surface area contributed by atoms with Gasteiger partial charge in [-0.2, -0.15) is 5.26 Å². The number of nitrogens with one attached hydrogen (secondary N) is 2. The highest BCUT2D eigenvalue weighted by molar-refractivity contribution is 6.01. The van der Waals surface area contributed by atoms with E-state index in [0.29, 0.717) is 17.9 Å². The average molecular weight is 363 g/mol. The quantitative estimate of drug-likeness (QED) is 0.555. The summed E-state index contributed by atoms with van der Waals surface area (Å²) in [6, 6.07) is 18.6. The second-order valence-electron chi connectivity index (χ2n) is 5.69. The van der Waals surface area contributed by atoms with Gasteiger partial charge in [-0.05, 0) is 35.8 Å². The van der Waals surface area contributed by atoms with Gasteiger partial charge in [0.05, 0.1) is 0 Å². The van der Waals surface area contributed by atoms with Crippen LogP contribution in [0.1, 0.15) is 11.1 Å². The van der Waals surface area contributed by atoms with Crippen molar-refractivity contribution in [3.63, 3.8) is 0 Å². The molecule has 0 aromatic heterocycles. The van der Waals surface area contributed by atoms with Crippen LogP contribution in [0.25, 0.3) is 6.08 Å². The molecular formula is C21H21N3O3. The van der Waals surface area contributed by atoms with E-state index >= 15 is 0 Å². The number of rotatable bonds is 8. The highest BCUT2D eigenvalue weighted by Gasteiger charge is 2.06. The van der Waals surface area contributed by atoms with Crippen molar-refractivity contribution >= 4 is 17.9 Å². The van der Waals surface area contributed by atoms with Gasteiger partial charge < -0.3 is 15.4 Å². The Balaban J connectivity index is 1.79. The summed E-state index contributed by atoms with van der Waals surface area (Å²) in [5, 5.41) is 14.2. The maximum Gasteiger partial charge on any atom is 0.261 e. The molecule has 27 heavy (non-hydrogen) atoms. The number of carbonyl (C=O) groups excluding carboxylic acids is 2. The van der Waals surface area contributed by atoms with Gasteiger partial charge in [0.2, 0.25) is 0 Å². The summed E-state index contributed by atoms with van der Waals surface area (Å²) in [6.07, 6.45) is 2.25. The van der Waals surface area contributed by atoms with Gasteiger partial charge in [-0.1, -0.05) is 42.5 Å². The minimum Gasteiger partial charge on any atom is -0.484 e. The van der Waals surface area contributed by atoms with Crippen molar-refractivity contribution in [3.8, 4) is 11.8 Å². The van der Waals surface area contributed by atoms with Crippen molar-refractivity contribution in [1.29, 1.82) is 5.26 Å². The molecule has 2 amide bonds. The average Bonchev–Trinajstić information content (AvgIpc) is 2.71. The fraction of sp³-hybridized carbons (Fsp3) is 0.190. The zero-order valence-electron chi connectivity index (χ0n) is 15.1. The lowest BCUT2D eigenvalue weighted by Crippen LogP contribution is -2.30. The topological polar surface area (TPSA) is 91.2 Å². The van der Waals surface area contributed by atoms with Gasteiger partial charge in [0, 0.05) is 13.6 Å². The number of carbonyl (C=O) groups is 2. The van der Waals surface area contributed by atoms with Crippen LogP contribution in [-0.2, 0) is 16.0 Å². The van der Waals surface area contributed by atoms with Crippen LogP contribution >= 0.6 is 0 Å². The Morgan fingerprint density at radius 3 is 2.44 bits per heavy atom. The molecule has 6 nitrogen and oxygen atoms in total. The molecule has 0 aliphatic heterocycles. The first-order chi connectivity index (χ1) is 13.1. The molecule has 0 aliphatic rings. The summed E-state index contributed by atoms with van der Waals surface area (Å²) < 4.78 is 5.45. The van der Waals surface area contributed by atoms with Crippen molar-refractivity contribution in [3.05, 3.63) is 71.3 Å². The molecular weight excluding hydrogens is 342 g/mol. The summed E-state index contributed by atoms with van der Waals surface area (Å²) in [7, 11) is 1.47. The molecule has 0 unspecified atom stereocenters. The molecule has 0 saturated carbocycles. The van der Waals surface area contributed by atoms with E-state index in [9.17, 15) is 9.59 Å². The Morgan fingerprint density at radius 1 is 1.11 bits per heavy atom. The molecule has 0 fully saturated rings. The monoisotopic (exact) mass is 363 g/mol. The Hall–Kier alpha value is -3.59. The van der Waals surface area contributed by atoms with Crippen molar-refractivity contribution in [2.24, 2.45) is 0 Å². The lowest BCUT2D eigenvalue weighted by molar-refractivity contribution is -0.123. The van der Waals surface area contributed by atoms with Crippen LogP contribution in [0.2, 0.25) is 0 Å². The van der Waals surface area contributed by atoms with Crippen molar-refractivity contribution < 1.29 is 14.3 Å². The highest BCUT2D eigenvalue weighted by Crippen LogP contribution is 2.14. The number of benzene rings is 2. The lowest BCUT2D eigenvalue weighted by atomic mass is 10.1. The van der Waals surface area contributed by atoms with Crippen molar-refractivity contribution in [2.45, 2.75) is 6.42 Å². The van der Waals surface area contributed by atoms with Gasteiger partial charge in [0.15, 0.2) is 6.61 Å². The van der Waals surface area contributed by atoms with E-state index in [-0.39, 0.29) is 18.1 Å². The van der Waals surface area contributed by atoms with Gasteiger partial charge in [-0.3, -0.25) is 9.59 Å². The number of likely N-dealkylation sites (N-methyl/N-ethyl adjacent to an activating group) is 1. The minimum atomic E-state index is -0.440. The predicted octanol–water partition coefficient (Wildman–Crippen LogP) is 2.08. The Kier molecular flexibility index (Phi) is 7.61. The normalized spacial score (nSPS) is 10.6. The first kappa shape index (κ1) is 19.7. The van der Waals surface area contributed by atoms with Crippen molar-refractivity contribution in [1.82, 2.24) is 10.6 Å². The molecule has 0 atom stereocenters. The second-order valence-corrected chi connectivity index (χ2v) is 5.69. The maximum atomic E-state index is 11.8. The summed E-state index contributed by atoms with van der Waals surface area (Å²) in [5.41, 5.74) is 1.87. The third kappa shape index (κ3) is 6.67. The molecule has 0 heterocycles. The fourth-order valence-corrected chi connectivity index (χ4v) is 2.30. The SMILES string of the molecule is CNC(=O)/C(C#N)=C/c1ccc(OCC(=O)NCCc2ccccc2)cc1. The molecule has 2 aromatic rings. The van der Waals surface area contributed by atoms with Crippen LogP contribution in [0.5, 0.6) is 5.75 Å². The molecule has 0 spiro atoms. The Bertz CT molecular complexity index is 837. The van der Waals surface area contributed by atoms with Crippen LogP contribution in [0, 0.1) is 11.3 Å². The first-order valence-electron chi connectivity index (χ1n) is 8.49. The molecule has 0 aliphatic carbocycles. The van der Waals surface area contributed by atoms with E-state index in [1.807, 2.05) is 36.4 Å². The number of hydrogen-bond acceptors (Lipinski definition) is 4. The summed E-state index contributed by atoms with van der Waals surface area (Å²) >= 11 is 0. The fourth-order valence-electron chi connectivity index (χ4n) is 2.30. The molecule has 0 bridgehead atoms. The molecule has 138 valence electrons. The van der Waals surface area contributed by atoms with Crippen LogP contribution in [0.3, 0.4) is 0 Å². The molecule has 2 N–H and O–H groups in total. The number of ether oxygens (including phenoxy) is 1.